The first-order valence-electron chi connectivity index (χ1n) is 7.81. The number of aryl methyl sites for hydroxylation is 1. The van der Waals surface area contributed by atoms with Crippen LogP contribution in [0, 0.1) is 0 Å². The topological polar surface area (TPSA) is 87.2 Å². The first-order chi connectivity index (χ1) is 10.2. The van der Waals surface area contributed by atoms with Crippen molar-refractivity contribution < 1.29 is 14.6 Å². The molecule has 1 saturated carbocycles. The van der Waals surface area contributed by atoms with Crippen molar-refractivity contribution in [3.63, 3.8) is 0 Å². The molecule has 0 unspecified atom stereocenters. The van der Waals surface area contributed by atoms with E-state index in [4.69, 9.17) is 4.74 Å². The van der Waals surface area contributed by atoms with Crippen molar-refractivity contribution in [1.29, 1.82) is 0 Å². The van der Waals surface area contributed by atoms with Crippen molar-refractivity contribution in [2.45, 2.75) is 57.7 Å². The minimum atomic E-state index is -0.680. The third-order valence-corrected chi connectivity index (χ3v) is 3.82. The van der Waals surface area contributed by atoms with Crippen LogP contribution in [0.25, 0.3) is 0 Å². The molecule has 0 saturated heterocycles. The number of carbonyl (C=O) groups excluding carboxylic acids is 1. The van der Waals surface area contributed by atoms with Crippen LogP contribution in [0.3, 0.4) is 0 Å². The number of aliphatic hydroxyl groups is 1. The second kappa shape index (κ2) is 8.14. The summed E-state index contributed by atoms with van der Waals surface area (Å²) in [6.07, 6.45) is 6.23. The highest BCUT2D eigenvalue weighted by molar-refractivity contribution is 5.92. The maximum Gasteiger partial charge on any atom is 0.271 e. The molecule has 0 aliphatic heterocycles. The number of H-pyrrole nitrogens is 1. The Kier molecular flexibility index (Phi) is 6.20. The summed E-state index contributed by atoms with van der Waals surface area (Å²) in [5.74, 6) is -0.275. The van der Waals surface area contributed by atoms with Crippen LogP contribution in [0.15, 0.2) is 6.07 Å². The molecule has 1 aliphatic carbocycles. The number of nitrogens with one attached hydrogen (secondary N) is 2. The van der Waals surface area contributed by atoms with Crippen molar-refractivity contribution >= 4 is 5.91 Å². The van der Waals surface area contributed by atoms with Crippen LogP contribution >= 0.6 is 0 Å². The van der Waals surface area contributed by atoms with Gasteiger partial charge in [0.15, 0.2) is 0 Å². The molecule has 3 N–H and O–H groups in total. The summed E-state index contributed by atoms with van der Waals surface area (Å²) >= 11 is 0. The molecular formula is C15H25N3O3. The lowest BCUT2D eigenvalue weighted by Gasteiger charge is -2.23. The number of hydrogen-bond acceptors (Lipinski definition) is 4. The molecule has 1 atom stereocenters. The van der Waals surface area contributed by atoms with E-state index in [0.29, 0.717) is 5.69 Å². The number of hydrogen-bond donors (Lipinski definition) is 3. The van der Waals surface area contributed by atoms with Crippen LogP contribution in [0.1, 0.15) is 55.2 Å². The fourth-order valence-electron chi connectivity index (χ4n) is 2.50. The van der Waals surface area contributed by atoms with E-state index in [9.17, 15) is 9.90 Å². The molecule has 1 aromatic rings. The minimum Gasteiger partial charge on any atom is -0.389 e. The van der Waals surface area contributed by atoms with Gasteiger partial charge in [-0.25, -0.2) is 0 Å². The highest BCUT2D eigenvalue weighted by Crippen LogP contribution is 2.20. The zero-order valence-electron chi connectivity index (χ0n) is 12.6. The maximum absolute atomic E-state index is 11.8. The van der Waals surface area contributed by atoms with E-state index in [-0.39, 0.29) is 25.2 Å². The van der Waals surface area contributed by atoms with Gasteiger partial charge < -0.3 is 15.2 Å². The average Bonchev–Trinajstić information content (AvgIpc) is 3.00. The standard InChI is InChI=1S/C15H25N3O3/c1-2-11-8-14(18-17-11)15(20)16-9-12(19)10-21-13-6-4-3-5-7-13/h8,12-13,19H,2-7,9-10H2,1H3,(H,16,20)(H,17,18)/t12-/m0/s1. The number of carbonyl (C=O) groups is 1. The normalized spacial score (nSPS) is 17.6. The van der Waals surface area contributed by atoms with Gasteiger partial charge in [0.2, 0.25) is 0 Å². The molecule has 0 spiro atoms. The number of aromatic nitrogens is 2. The third-order valence-electron chi connectivity index (χ3n) is 3.82. The first-order valence-corrected chi connectivity index (χ1v) is 7.81. The average molecular weight is 295 g/mol. The number of ether oxygens (including phenoxy) is 1. The fraction of sp³-hybridized carbons (Fsp3) is 0.733. The zero-order chi connectivity index (χ0) is 15.1. The molecule has 1 aromatic heterocycles. The van der Waals surface area contributed by atoms with Gasteiger partial charge >= 0.3 is 0 Å². The second-order valence-corrected chi connectivity index (χ2v) is 5.59. The summed E-state index contributed by atoms with van der Waals surface area (Å²) in [6.45, 7) is 2.44. The Bertz CT molecular complexity index is 441. The van der Waals surface area contributed by atoms with E-state index in [1.165, 1.54) is 19.3 Å². The lowest BCUT2D eigenvalue weighted by Crippen LogP contribution is -2.36. The van der Waals surface area contributed by atoms with Crippen LogP contribution in [-0.2, 0) is 11.2 Å². The molecular weight excluding hydrogens is 270 g/mol. The quantitative estimate of drug-likeness (QED) is 0.710. The molecule has 1 amide bonds. The smallest absolute Gasteiger partial charge is 0.271 e. The highest BCUT2D eigenvalue weighted by Gasteiger charge is 2.16. The molecule has 1 fully saturated rings. The second-order valence-electron chi connectivity index (χ2n) is 5.59. The van der Waals surface area contributed by atoms with E-state index in [2.05, 4.69) is 15.5 Å². The molecule has 21 heavy (non-hydrogen) atoms. The Morgan fingerprint density at radius 1 is 1.52 bits per heavy atom. The van der Waals surface area contributed by atoms with Crippen molar-refractivity contribution in [2.24, 2.45) is 0 Å². The number of nitrogens with zero attached hydrogens (tertiary/aromatic N) is 1. The molecule has 0 bridgehead atoms. The largest absolute Gasteiger partial charge is 0.389 e. The lowest BCUT2D eigenvalue weighted by molar-refractivity contribution is -0.0225. The predicted molar refractivity (Wildman–Crippen MR) is 79.1 cm³/mol. The fourth-order valence-corrected chi connectivity index (χ4v) is 2.50. The summed E-state index contributed by atoms with van der Waals surface area (Å²) in [7, 11) is 0. The Hall–Kier alpha value is -1.40. The van der Waals surface area contributed by atoms with E-state index in [1.807, 2.05) is 6.92 Å². The van der Waals surface area contributed by atoms with Crippen molar-refractivity contribution in [3.05, 3.63) is 17.5 Å². The van der Waals surface area contributed by atoms with Crippen LogP contribution in [0.2, 0.25) is 0 Å². The van der Waals surface area contributed by atoms with E-state index >= 15 is 0 Å². The molecule has 118 valence electrons. The molecule has 2 rings (SSSR count). The minimum absolute atomic E-state index is 0.180. The first kappa shape index (κ1) is 16.0. The van der Waals surface area contributed by atoms with E-state index in [0.717, 1.165) is 25.0 Å². The van der Waals surface area contributed by atoms with Crippen LogP contribution in [-0.4, -0.2) is 46.6 Å². The lowest BCUT2D eigenvalue weighted by atomic mass is 9.98. The Morgan fingerprint density at radius 3 is 2.95 bits per heavy atom. The van der Waals surface area contributed by atoms with Crippen molar-refractivity contribution in [3.8, 4) is 0 Å². The van der Waals surface area contributed by atoms with Crippen LogP contribution in [0.4, 0.5) is 0 Å². The predicted octanol–water partition coefficient (Wildman–Crippen LogP) is 1.41. The Labute approximate surface area is 125 Å². The number of aliphatic hydroxyl groups excluding tert-OH is 1. The van der Waals surface area contributed by atoms with Gasteiger partial charge in [0.1, 0.15) is 5.69 Å². The van der Waals surface area contributed by atoms with Gasteiger partial charge in [-0.1, -0.05) is 26.2 Å². The summed E-state index contributed by atoms with van der Waals surface area (Å²) in [5, 5.41) is 19.3. The van der Waals surface area contributed by atoms with Crippen LogP contribution < -0.4 is 5.32 Å². The van der Waals surface area contributed by atoms with Gasteiger partial charge in [0.05, 0.1) is 18.8 Å². The van der Waals surface area contributed by atoms with Gasteiger partial charge in [-0.05, 0) is 25.3 Å². The van der Waals surface area contributed by atoms with E-state index in [1.54, 1.807) is 6.07 Å². The van der Waals surface area contributed by atoms with E-state index < -0.39 is 6.10 Å². The van der Waals surface area contributed by atoms with Crippen molar-refractivity contribution in [1.82, 2.24) is 15.5 Å². The monoisotopic (exact) mass is 295 g/mol. The zero-order valence-corrected chi connectivity index (χ0v) is 12.6. The summed E-state index contributed by atoms with van der Waals surface area (Å²) < 4.78 is 5.68. The summed E-state index contributed by atoms with van der Waals surface area (Å²) in [4.78, 5) is 11.8. The summed E-state index contributed by atoms with van der Waals surface area (Å²) in [6, 6.07) is 1.72. The van der Waals surface area contributed by atoms with Gasteiger partial charge in [0.25, 0.3) is 5.91 Å². The number of amides is 1. The highest BCUT2D eigenvalue weighted by atomic mass is 16.5. The molecule has 0 aromatic carbocycles. The summed E-state index contributed by atoms with van der Waals surface area (Å²) in [5.41, 5.74) is 1.27. The molecule has 1 aliphatic rings. The van der Waals surface area contributed by atoms with Crippen LogP contribution in [0.5, 0.6) is 0 Å². The van der Waals surface area contributed by atoms with Crippen molar-refractivity contribution in [2.75, 3.05) is 13.2 Å². The number of rotatable bonds is 7. The molecule has 6 nitrogen and oxygen atoms in total. The van der Waals surface area contributed by atoms with Gasteiger partial charge in [-0.15, -0.1) is 0 Å². The Balaban J connectivity index is 1.65. The maximum atomic E-state index is 11.8. The molecule has 1 heterocycles. The van der Waals surface area contributed by atoms with Gasteiger partial charge in [-0.3, -0.25) is 9.89 Å². The number of aromatic amines is 1. The van der Waals surface area contributed by atoms with Gasteiger partial charge in [0, 0.05) is 12.2 Å². The van der Waals surface area contributed by atoms with Gasteiger partial charge in [-0.2, -0.15) is 5.10 Å². The SMILES string of the molecule is CCc1cc(C(=O)NC[C@H](O)COC2CCCCC2)n[nH]1. The molecule has 0 radical (unpaired) electrons. The third kappa shape index (κ3) is 5.13. The molecule has 6 heteroatoms. The Morgan fingerprint density at radius 2 is 2.29 bits per heavy atom.